The molecule has 1 aromatic heterocycles. The van der Waals surface area contributed by atoms with Gasteiger partial charge in [0.2, 0.25) is 6.79 Å². The highest BCUT2D eigenvalue weighted by Gasteiger charge is 2.27. The van der Waals surface area contributed by atoms with Crippen LogP contribution >= 0.6 is 0 Å². The standard InChI is InChI=1S/C21H24N2O7/c1-5-14-17(20(25)27-4)11(2)18(23-14)21(26)30-12(3)19(24)22-9-13-6-7-15-16(8-13)29-10-28-15/h6-8,12,23H,5,9-10H2,1-4H3,(H,22,24). The number of aromatic amines is 1. The molecule has 2 aromatic rings. The second kappa shape index (κ2) is 8.89. The smallest absolute Gasteiger partial charge is 0.355 e. The fraction of sp³-hybridized carbons (Fsp3) is 0.381. The van der Waals surface area contributed by atoms with Crippen molar-refractivity contribution in [1.82, 2.24) is 10.3 Å². The molecular formula is C21H24N2O7. The lowest BCUT2D eigenvalue weighted by atomic mass is 10.1. The summed E-state index contributed by atoms with van der Waals surface area (Å²) in [6.07, 6.45) is -0.523. The largest absolute Gasteiger partial charge is 0.465 e. The van der Waals surface area contributed by atoms with E-state index < -0.39 is 23.9 Å². The number of methoxy groups -OCH3 is 1. The van der Waals surface area contributed by atoms with Gasteiger partial charge in [-0.05, 0) is 43.5 Å². The molecule has 0 bridgehead atoms. The van der Waals surface area contributed by atoms with Gasteiger partial charge in [0.1, 0.15) is 5.69 Å². The van der Waals surface area contributed by atoms with Gasteiger partial charge in [-0.1, -0.05) is 13.0 Å². The Bertz CT molecular complexity index is 980. The lowest BCUT2D eigenvalue weighted by Crippen LogP contribution is -2.35. The monoisotopic (exact) mass is 416 g/mol. The summed E-state index contributed by atoms with van der Waals surface area (Å²) in [6, 6.07) is 5.36. The van der Waals surface area contributed by atoms with E-state index in [1.807, 2.05) is 13.0 Å². The second-order valence-corrected chi connectivity index (χ2v) is 6.78. The summed E-state index contributed by atoms with van der Waals surface area (Å²) in [5.74, 6) is -0.422. The van der Waals surface area contributed by atoms with E-state index in [0.29, 0.717) is 34.7 Å². The average molecular weight is 416 g/mol. The van der Waals surface area contributed by atoms with Crippen molar-refractivity contribution in [2.75, 3.05) is 13.9 Å². The Labute approximate surface area is 173 Å². The number of ether oxygens (including phenoxy) is 4. The van der Waals surface area contributed by atoms with Crippen LogP contribution in [0.25, 0.3) is 0 Å². The first-order chi connectivity index (χ1) is 14.3. The Hall–Kier alpha value is -3.49. The Balaban J connectivity index is 1.62. The zero-order valence-electron chi connectivity index (χ0n) is 17.3. The molecule has 2 N–H and O–H groups in total. The number of nitrogens with one attached hydrogen (secondary N) is 2. The van der Waals surface area contributed by atoms with Crippen LogP contribution in [-0.4, -0.2) is 42.8 Å². The molecule has 0 fully saturated rings. The summed E-state index contributed by atoms with van der Waals surface area (Å²) >= 11 is 0. The number of hydrogen-bond donors (Lipinski definition) is 2. The van der Waals surface area contributed by atoms with E-state index >= 15 is 0 Å². The van der Waals surface area contributed by atoms with E-state index in [-0.39, 0.29) is 19.0 Å². The van der Waals surface area contributed by atoms with E-state index in [9.17, 15) is 14.4 Å². The molecule has 160 valence electrons. The SMILES string of the molecule is CCc1[nH]c(C(=O)OC(C)C(=O)NCc2ccc3c(c2)OCO3)c(C)c1C(=O)OC. The van der Waals surface area contributed by atoms with E-state index in [1.54, 1.807) is 19.1 Å². The topological polar surface area (TPSA) is 116 Å². The molecule has 30 heavy (non-hydrogen) atoms. The summed E-state index contributed by atoms with van der Waals surface area (Å²) in [4.78, 5) is 39.8. The molecule has 1 aliphatic heterocycles. The van der Waals surface area contributed by atoms with Crippen molar-refractivity contribution in [2.24, 2.45) is 0 Å². The van der Waals surface area contributed by atoms with Crippen molar-refractivity contribution in [3.63, 3.8) is 0 Å². The molecule has 3 rings (SSSR count). The van der Waals surface area contributed by atoms with Crippen LogP contribution in [0.5, 0.6) is 11.5 Å². The number of aryl methyl sites for hydroxylation is 1. The van der Waals surface area contributed by atoms with E-state index in [0.717, 1.165) is 5.56 Å². The van der Waals surface area contributed by atoms with Crippen LogP contribution in [0.15, 0.2) is 18.2 Å². The Morgan fingerprint density at radius 3 is 2.63 bits per heavy atom. The number of aromatic nitrogens is 1. The van der Waals surface area contributed by atoms with Gasteiger partial charge in [0, 0.05) is 12.2 Å². The van der Waals surface area contributed by atoms with Crippen molar-refractivity contribution in [3.8, 4) is 11.5 Å². The molecule has 9 nitrogen and oxygen atoms in total. The van der Waals surface area contributed by atoms with Gasteiger partial charge >= 0.3 is 11.9 Å². The van der Waals surface area contributed by atoms with Crippen LogP contribution in [0, 0.1) is 6.92 Å². The van der Waals surface area contributed by atoms with Crippen molar-refractivity contribution < 1.29 is 33.3 Å². The minimum Gasteiger partial charge on any atom is -0.465 e. The van der Waals surface area contributed by atoms with Gasteiger partial charge in [-0.3, -0.25) is 4.79 Å². The van der Waals surface area contributed by atoms with Gasteiger partial charge in [0.25, 0.3) is 5.91 Å². The fourth-order valence-electron chi connectivity index (χ4n) is 3.16. The first kappa shape index (κ1) is 21.2. The quantitative estimate of drug-likeness (QED) is 0.665. The summed E-state index contributed by atoms with van der Waals surface area (Å²) in [7, 11) is 1.28. The number of rotatable bonds is 7. The normalized spacial score (nSPS) is 12.9. The maximum atomic E-state index is 12.6. The predicted molar refractivity (Wildman–Crippen MR) is 106 cm³/mol. The van der Waals surface area contributed by atoms with E-state index in [1.165, 1.54) is 14.0 Å². The van der Waals surface area contributed by atoms with Crippen molar-refractivity contribution in [2.45, 2.75) is 39.8 Å². The maximum Gasteiger partial charge on any atom is 0.355 e. The lowest BCUT2D eigenvalue weighted by molar-refractivity contribution is -0.129. The van der Waals surface area contributed by atoms with Crippen LogP contribution in [0.3, 0.4) is 0 Å². The molecule has 9 heteroatoms. The molecule has 1 amide bonds. The molecular weight excluding hydrogens is 392 g/mol. The lowest BCUT2D eigenvalue weighted by Gasteiger charge is -2.13. The fourth-order valence-corrected chi connectivity index (χ4v) is 3.16. The van der Waals surface area contributed by atoms with Gasteiger partial charge in [0.05, 0.1) is 12.7 Å². The van der Waals surface area contributed by atoms with Crippen LogP contribution in [0.4, 0.5) is 0 Å². The molecule has 1 aromatic carbocycles. The van der Waals surface area contributed by atoms with Gasteiger partial charge in [-0.15, -0.1) is 0 Å². The number of H-pyrrole nitrogens is 1. The maximum absolute atomic E-state index is 12.6. The third-order valence-corrected chi connectivity index (χ3v) is 4.83. The zero-order valence-corrected chi connectivity index (χ0v) is 17.3. The average Bonchev–Trinajstić information content (AvgIpc) is 3.34. The number of fused-ring (bicyclic) bond motifs is 1. The zero-order chi connectivity index (χ0) is 21.8. The van der Waals surface area contributed by atoms with Gasteiger partial charge in [0.15, 0.2) is 17.6 Å². The molecule has 0 saturated carbocycles. The van der Waals surface area contributed by atoms with Gasteiger partial charge in [-0.2, -0.15) is 0 Å². The highest BCUT2D eigenvalue weighted by atomic mass is 16.7. The molecule has 1 unspecified atom stereocenters. The molecule has 0 saturated heterocycles. The van der Waals surface area contributed by atoms with Crippen molar-refractivity contribution >= 4 is 17.8 Å². The van der Waals surface area contributed by atoms with Crippen LogP contribution in [-0.2, 0) is 27.2 Å². The third-order valence-electron chi connectivity index (χ3n) is 4.83. The summed E-state index contributed by atoms with van der Waals surface area (Å²) < 4.78 is 20.6. The number of benzene rings is 1. The third kappa shape index (κ3) is 4.24. The van der Waals surface area contributed by atoms with Crippen molar-refractivity contribution in [1.29, 1.82) is 0 Å². The molecule has 2 heterocycles. The molecule has 0 aliphatic carbocycles. The van der Waals surface area contributed by atoms with Crippen LogP contribution in [0.1, 0.15) is 51.5 Å². The molecule has 0 radical (unpaired) electrons. The van der Waals surface area contributed by atoms with Gasteiger partial charge in [-0.25, -0.2) is 9.59 Å². The number of carbonyl (C=O) groups excluding carboxylic acids is 3. The number of hydrogen-bond acceptors (Lipinski definition) is 7. The predicted octanol–water partition coefficient (Wildman–Crippen LogP) is 2.26. The second-order valence-electron chi connectivity index (χ2n) is 6.78. The molecule has 0 spiro atoms. The van der Waals surface area contributed by atoms with Crippen LogP contribution < -0.4 is 14.8 Å². The van der Waals surface area contributed by atoms with Crippen LogP contribution in [0.2, 0.25) is 0 Å². The number of amides is 1. The Kier molecular flexibility index (Phi) is 6.29. The van der Waals surface area contributed by atoms with Crippen molar-refractivity contribution in [3.05, 3.63) is 46.3 Å². The first-order valence-electron chi connectivity index (χ1n) is 9.52. The number of carbonyl (C=O) groups is 3. The molecule has 1 aliphatic rings. The summed E-state index contributed by atoms with van der Waals surface area (Å²) in [5.41, 5.74) is 2.26. The van der Waals surface area contributed by atoms with Gasteiger partial charge < -0.3 is 29.2 Å². The Morgan fingerprint density at radius 1 is 1.20 bits per heavy atom. The minimum atomic E-state index is -1.03. The highest BCUT2D eigenvalue weighted by Crippen LogP contribution is 2.32. The minimum absolute atomic E-state index is 0.127. The van der Waals surface area contributed by atoms with E-state index in [2.05, 4.69) is 10.3 Å². The summed E-state index contributed by atoms with van der Waals surface area (Å²) in [6.45, 7) is 5.37. The highest BCUT2D eigenvalue weighted by molar-refractivity contribution is 5.99. The first-order valence-corrected chi connectivity index (χ1v) is 9.52. The summed E-state index contributed by atoms with van der Waals surface area (Å²) in [5, 5.41) is 2.72. The molecule has 1 atom stereocenters. The number of esters is 2. The Morgan fingerprint density at radius 2 is 1.93 bits per heavy atom. The van der Waals surface area contributed by atoms with E-state index in [4.69, 9.17) is 18.9 Å².